The molecule has 0 saturated carbocycles. The van der Waals surface area contributed by atoms with Crippen molar-refractivity contribution in [2.75, 3.05) is 5.32 Å². The smallest absolute Gasteiger partial charge is 0.254 e. The van der Waals surface area contributed by atoms with E-state index in [2.05, 4.69) is 5.32 Å². The predicted molar refractivity (Wildman–Crippen MR) is 99.3 cm³/mol. The molecule has 0 fully saturated rings. The molecule has 1 amide bonds. The van der Waals surface area contributed by atoms with Gasteiger partial charge in [0.1, 0.15) is 0 Å². The molecular formula is C10H4Cl2I3NO3. The molecule has 0 bridgehead atoms. The van der Waals surface area contributed by atoms with Gasteiger partial charge in [-0.1, -0.05) is 0 Å². The number of halogens is 5. The molecule has 0 aliphatic heterocycles. The molecule has 0 aliphatic rings. The van der Waals surface area contributed by atoms with Gasteiger partial charge in [0, 0.05) is 10.5 Å². The van der Waals surface area contributed by atoms with Crippen molar-refractivity contribution in [1.29, 1.82) is 0 Å². The maximum Gasteiger partial charge on any atom is 0.254 e. The highest BCUT2D eigenvalue weighted by Crippen LogP contribution is 2.37. The van der Waals surface area contributed by atoms with Crippen LogP contribution in [-0.4, -0.2) is 16.4 Å². The number of rotatable bonds is 3. The van der Waals surface area contributed by atoms with E-state index in [1.54, 1.807) is 0 Å². The molecular weight excluding hydrogens is 634 g/mol. The molecule has 0 saturated heterocycles. The zero-order chi connectivity index (χ0) is 14.9. The van der Waals surface area contributed by atoms with Gasteiger partial charge in [-0.2, -0.15) is 0 Å². The number of anilines is 1. The van der Waals surface area contributed by atoms with Crippen LogP contribution in [0.2, 0.25) is 0 Å². The summed E-state index contributed by atoms with van der Waals surface area (Å²) in [6, 6.07) is 0. The standard InChI is InChI=1S/C10H4Cl2I3NO3/c1-2(17)16-8-6(14)3(9(11)18)5(13)4(7(8)15)10(12)19/h1H3,(H,16,17). The fourth-order valence-electron chi connectivity index (χ4n) is 1.29. The van der Waals surface area contributed by atoms with Gasteiger partial charge in [-0.15, -0.1) is 0 Å². The van der Waals surface area contributed by atoms with E-state index in [0.717, 1.165) is 0 Å². The maximum atomic E-state index is 11.5. The van der Waals surface area contributed by atoms with Gasteiger partial charge < -0.3 is 5.32 Å². The highest BCUT2D eigenvalue weighted by atomic mass is 127. The second-order valence-electron chi connectivity index (χ2n) is 3.30. The number of carbonyl (C=O) groups is 3. The van der Waals surface area contributed by atoms with Crippen LogP contribution in [0, 0.1) is 10.7 Å². The number of nitrogens with one attached hydrogen (secondary N) is 1. The summed E-state index contributed by atoms with van der Waals surface area (Å²) in [5.74, 6) is -0.321. The Kier molecular flexibility index (Phi) is 6.75. The van der Waals surface area contributed by atoms with Crippen molar-refractivity contribution < 1.29 is 14.4 Å². The van der Waals surface area contributed by atoms with E-state index in [4.69, 9.17) is 23.2 Å². The summed E-state index contributed by atoms with van der Waals surface area (Å²) >= 11 is 16.7. The van der Waals surface area contributed by atoms with Gasteiger partial charge in [0.2, 0.25) is 5.91 Å². The lowest BCUT2D eigenvalue weighted by molar-refractivity contribution is -0.114. The van der Waals surface area contributed by atoms with Crippen molar-refractivity contribution in [1.82, 2.24) is 0 Å². The molecule has 102 valence electrons. The fraction of sp³-hybridized carbons (Fsp3) is 0.100. The Morgan fingerprint density at radius 1 is 0.895 bits per heavy atom. The number of benzene rings is 1. The van der Waals surface area contributed by atoms with Crippen molar-refractivity contribution in [2.45, 2.75) is 6.92 Å². The van der Waals surface area contributed by atoms with E-state index in [1.165, 1.54) is 6.92 Å². The second-order valence-corrected chi connectivity index (χ2v) is 7.22. The van der Waals surface area contributed by atoms with Gasteiger partial charge in [0.05, 0.1) is 24.0 Å². The highest BCUT2D eigenvalue weighted by Gasteiger charge is 2.26. The van der Waals surface area contributed by atoms with E-state index in [-0.39, 0.29) is 17.0 Å². The molecule has 0 atom stereocenters. The lowest BCUT2D eigenvalue weighted by atomic mass is 10.1. The molecule has 4 nitrogen and oxygen atoms in total. The Morgan fingerprint density at radius 3 is 1.53 bits per heavy atom. The van der Waals surface area contributed by atoms with Gasteiger partial charge in [0.15, 0.2) is 0 Å². The lowest BCUT2D eigenvalue weighted by Crippen LogP contribution is -2.15. The molecule has 19 heavy (non-hydrogen) atoms. The van der Waals surface area contributed by atoms with E-state index in [1.807, 2.05) is 67.8 Å². The fourth-order valence-corrected chi connectivity index (χ4v) is 6.73. The van der Waals surface area contributed by atoms with Crippen LogP contribution in [0.4, 0.5) is 5.69 Å². The van der Waals surface area contributed by atoms with E-state index < -0.39 is 10.5 Å². The Balaban J connectivity index is 3.79. The second kappa shape index (κ2) is 7.18. The van der Waals surface area contributed by atoms with Crippen molar-refractivity contribution in [3.05, 3.63) is 21.8 Å². The Morgan fingerprint density at radius 2 is 1.26 bits per heavy atom. The first-order chi connectivity index (χ1) is 8.68. The topological polar surface area (TPSA) is 63.2 Å². The molecule has 9 heteroatoms. The molecule has 1 rings (SSSR count). The average Bonchev–Trinajstić information content (AvgIpc) is 2.22. The number of amides is 1. The minimum atomic E-state index is -0.712. The number of hydrogen-bond donors (Lipinski definition) is 1. The summed E-state index contributed by atoms with van der Waals surface area (Å²) in [4.78, 5) is 34.2. The minimum Gasteiger partial charge on any atom is -0.324 e. The summed E-state index contributed by atoms with van der Waals surface area (Å²) in [5.41, 5.74) is 0.689. The van der Waals surface area contributed by atoms with E-state index >= 15 is 0 Å². The molecule has 0 aliphatic carbocycles. The number of carbonyl (C=O) groups excluding carboxylic acids is 3. The normalized spacial score (nSPS) is 10.2. The average molecular weight is 638 g/mol. The first-order valence-corrected chi connectivity index (χ1v) is 8.55. The quantitative estimate of drug-likeness (QED) is 0.399. The zero-order valence-corrected chi connectivity index (χ0v) is 17.1. The predicted octanol–water partition coefficient (Wildman–Crippen LogP) is 4.22. The molecule has 0 spiro atoms. The SMILES string of the molecule is CC(=O)Nc1c(I)c(C(=O)Cl)c(I)c(C(=O)Cl)c1I. The first-order valence-electron chi connectivity index (χ1n) is 4.56. The summed E-state index contributed by atoms with van der Waals surface area (Å²) in [5, 5.41) is 1.16. The van der Waals surface area contributed by atoms with Gasteiger partial charge >= 0.3 is 0 Å². The van der Waals surface area contributed by atoms with Crippen LogP contribution >= 0.6 is 91.0 Å². The van der Waals surface area contributed by atoms with E-state index in [0.29, 0.717) is 16.4 Å². The zero-order valence-electron chi connectivity index (χ0n) is 9.11. The maximum absolute atomic E-state index is 11.5. The summed E-state index contributed by atoms with van der Waals surface area (Å²) < 4.78 is 1.33. The van der Waals surface area contributed by atoms with Crippen molar-refractivity contribution in [3.63, 3.8) is 0 Å². The summed E-state index contributed by atoms with van der Waals surface area (Å²) in [7, 11) is 0. The Labute approximate surface area is 159 Å². The van der Waals surface area contributed by atoms with Gasteiger partial charge in [-0.05, 0) is 91.0 Å². The van der Waals surface area contributed by atoms with Crippen LogP contribution in [0.25, 0.3) is 0 Å². The molecule has 0 unspecified atom stereocenters. The van der Waals surface area contributed by atoms with Crippen LogP contribution in [0.3, 0.4) is 0 Å². The molecule has 0 heterocycles. The third-order valence-electron chi connectivity index (χ3n) is 2.01. The van der Waals surface area contributed by atoms with Gasteiger partial charge in [-0.25, -0.2) is 0 Å². The van der Waals surface area contributed by atoms with Crippen LogP contribution < -0.4 is 5.32 Å². The molecule has 0 aromatic heterocycles. The van der Waals surface area contributed by atoms with Crippen LogP contribution in [0.5, 0.6) is 0 Å². The van der Waals surface area contributed by atoms with Crippen LogP contribution in [0.15, 0.2) is 0 Å². The molecule has 1 aromatic carbocycles. The van der Waals surface area contributed by atoms with E-state index in [9.17, 15) is 14.4 Å². The molecule has 1 aromatic rings. The summed E-state index contributed by atoms with van der Waals surface area (Å²) in [6.07, 6.45) is 0. The van der Waals surface area contributed by atoms with Crippen LogP contribution in [-0.2, 0) is 4.79 Å². The van der Waals surface area contributed by atoms with Gasteiger partial charge in [0.25, 0.3) is 10.5 Å². The number of hydrogen-bond acceptors (Lipinski definition) is 3. The Hall–Kier alpha value is 0.800. The molecule has 1 N–H and O–H groups in total. The van der Waals surface area contributed by atoms with Crippen molar-refractivity contribution >= 4 is 113 Å². The minimum absolute atomic E-state index is 0.163. The van der Waals surface area contributed by atoms with Crippen LogP contribution in [0.1, 0.15) is 27.6 Å². The van der Waals surface area contributed by atoms with Gasteiger partial charge in [-0.3, -0.25) is 14.4 Å². The Bertz CT molecular complexity index is 563. The largest absolute Gasteiger partial charge is 0.324 e. The lowest BCUT2D eigenvalue weighted by Gasteiger charge is -2.15. The molecule has 0 radical (unpaired) electrons. The highest BCUT2D eigenvalue weighted by molar-refractivity contribution is 14.1. The third-order valence-corrected chi connectivity index (χ3v) is 5.63. The monoisotopic (exact) mass is 637 g/mol. The van der Waals surface area contributed by atoms with Crippen molar-refractivity contribution in [2.24, 2.45) is 0 Å². The first kappa shape index (κ1) is 17.9. The van der Waals surface area contributed by atoms with Crippen molar-refractivity contribution in [3.8, 4) is 0 Å². The third kappa shape index (κ3) is 3.92. The summed E-state index contributed by atoms with van der Waals surface area (Å²) in [6.45, 7) is 1.33.